The monoisotopic (exact) mass is 364 g/mol. The SMILES string of the molecule is CNC(=O)NNC(=O)c1cc(C)n(-c2ccc(Br)cc2)c1C. The zero-order chi connectivity index (χ0) is 16.3. The molecule has 0 aliphatic heterocycles. The average Bonchev–Trinajstić information content (AvgIpc) is 2.80. The molecular formula is C15H17BrN4O2. The summed E-state index contributed by atoms with van der Waals surface area (Å²) in [6, 6.07) is 9.14. The number of hydrogen-bond acceptors (Lipinski definition) is 2. The van der Waals surface area contributed by atoms with Crippen LogP contribution >= 0.6 is 15.9 Å². The highest BCUT2D eigenvalue weighted by molar-refractivity contribution is 9.10. The second-order valence-electron chi connectivity index (χ2n) is 4.75. The van der Waals surface area contributed by atoms with Gasteiger partial charge >= 0.3 is 6.03 Å². The highest BCUT2D eigenvalue weighted by Crippen LogP contribution is 2.22. The Bertz CT molecular complexity index is 707. The molecule has 116 valence electrons. The lowest BCUT2D eigenvalue weighted by Crippen LogP contribution is -2.45. The molecule has 2 aromatic rings. The first-order chi connectivity index (χ1) is 10.4. The lowest BCUT2D eigenvalue weighted by atomic mass is 10.2. The zero-order valence-corrected chi connectivity index (χ0v) is 14.1. The summed E-state index contributed by atoms with van der Waals surface area (Å²) in [4.78, 5) is 23.3. The van der Waals surface area contributed by atoms with Gasteiger partial charge in [0.25, 0.3) is 5.91 Å². The lowest BCUT2D eigenvalue weighted by Gasteiger charge is -2.10. The molecule has 2 rings (SSSR count). The molecule has 1 aromatic carbocycles. The molecule has 0 radical (unpaired) electrons. The van der Waals surface area contributed by atoms with Crippen molar-refractivity contribution in [1.82, 2.24) is 20.7 Å². The Labute approximate surface area is 137 Å². The van der Waals surface area contributed by atoms with Gasteiger partial charge in [-0.3, -0.25) is 10.2 Å². The van der Waals surface area contributed by atoms with Crippen molar-refractivity contribution in [2.24, 2.45) is 0 Å². The Morgan fingerprint density at radius 2 is 1.73 bits per heavy atom. The van der Waals surface area contributed by atoms with Crippen molar-refractivity contribution in [1.29, 1.82) is 0 Å². The van der Waals surface area contributed by atoms with Crippen LogP contribution in [0, 0.1) is 13.8 Å². The van der Waals surface area contributed by atoms with Gasteiger partial charge in [0.1, 0.15) is 0 Å². The fourth-order valence-corrected chi connectivity index (χ4v) is 2.49. The van der Waals surface area contributed by atoms with E-state index in [1.54, 1.807) is 6.07 Å². The summed E-state index contributed by atoms with van der Waals surface area (Å²) in [6.45, 7) is 3.79. The van der Waals surface area contributed by atoms with Crippen molar-refractivity contribution in [3.05, 3.63) is 51.8 Å². The number of carbonyl (C=O) groups excluding carboxylic acids is 2. The van der Waals surface area contributed by atoms with Crippen LogP contribution in [0.25, 0.3) is 5.69 Å². The van der Waals surface area contributed by atoms with E-state index in [1.165, 1.54) is 7.05 Å². The Hall–Kier alpha value is -2.28. The quantitative estimate of drug-likeness (QED) is 0.715. The molecule has 6 nitrogen and oxygen atoms in total. The van der Waals surface area contributed by atoms with Crippen molar-refractivity contribution in [2.75, 3.05) is 7.05 Å². The van der Waals surface area contributed by atoms with Gasteiger partial charge in [-0.05, 0) is 44.2 Å². The second kappa shape index (κ2) is 6.65. The van der Waals surface area contributed by atoms with Gasteiger partial charge < -0.3 is 9.88 Å². The number of hydrazine groups is 1. The number of aryl methyl sites for hydroxylation is 1. The summed E-state index contributed by atoms with van der Waals surface area (Å²) in [7, 11) is 1.47. The van der Waals surface area contributed by atoms with Crippen LogP contribution < -0.4 is 16.2 Å². The Balaban J connectivity index is 2.29. The number of benzene rings is 1. The molecule has 22 heavy (non-hydrogen) atoms. The molecule has 0 bridgehead atoms. The van der Waals surface area contributed by atoms with E-state index in [0.29, 0.717) is 5.56 Å². The largest absolute Gasteiger partial charge is 0.340 e. The van der Waals surface area contributed by atoms with Crippen molar-refractivity contribution in [3.8, 4) is 5.69 Å². The summed E-state index contributed by atoms with van der Waals surface area (Å²) in [5.74, 6) is -0.361. The molecule has 1 aromatic heterocycles. The third-order valence-electron chi connectivity index (χ3n) is 3.28. The zero-order valence-electron chi connectivity index (χ0n) is 12.5. The molecule has 0 atom stereocenters. The van der Waals surface area contributed by atoms with Crippen molar-refractivity contribution in [2.45, 2.75) is 13.8 Å². The molecule has 0 fully saturated rings. The minimum Gasteiger partial charge on any atom is -0.340 e. The van der Waals surface area contributed by atoms with Crippen LogP contribution in [-0.2, 0) is 0 Å². The first-order valence-corrected chi connectivity index (χ1v) is 7.46. The first-order valence-electron chi connectivity index (χ1n) is 6.67. The van der Waals surface area contributed by atoms with Crippen LogP contribution in [0.5, 0.6) is 0 Å². The number of halogens is 1. The number of rotatable bonds is 2. The number of hydrogen-bond donors (Lipinski definition) is 3. The van der Waals surface area contributed by atoms with E-state index in [0.717, 1.165) is 21.5 Å². The summed E-state index contributed by atoms with van der Waals surface area (Å²) >= 11 is 3.40. The molecule has 7 heteroatoms. The van der Waals surface area contributed by atoms with Gasteiger partial charge in [0.2, 0.25) is 0 Å². The normalized spacial score (nSPS) is 10.2. The molecule has 0 saturated heterocycles. The van der Waals surface area contributed by atoms with E-state index < -0.39 is 6.03 Å². The summed E-state index contributed by atoms with van der Waals surface area (Å²) in [6.07, 6.45) is 0. The third kappa shape index (κ3) is 3.30. The van der Waals surface area contributed by atoms with Crippen molar-refractivity contribution in [3.63, 3.8) is 0 Å². The predicted molar refractivity (Wildman–Crippen MR) is 88.0 cm³/mol. The van der Waals surface area contributed by atoms with E-state index in [1.807, 2.05) is 42.7 Å². The molecule has 0 saturated carbocycles. The fourth-order valence-electron chi connectivity index (χ4n) is 2.22. The molecule has 0 aliphatic carbocycles. The maximum atomic E-state index is 12.2. The maximum absolute atomic E-state index is 12.2. The van der Waals surface area contributed by atoms with Gasteiger partial charge in [-0.2, -0.15) is 0 Å². The molecule has 0 aliphatic rings. The van der Waals surface area contributed by atoms with E-state index in [2.05, 4.69) is 32.1 Å². The van der Waals surface area contributed by atoms with Crippen molar-refractivity contribution >= 4 is 27.9 Å². The van der Waals surface area contributed by atoms with Crippen LogP contribution in [0.2, 0.25) is 0 Å². The first kappa shape index (κ1) is 16.1. The average molecular weight is 365 g/mol. The van der Waals surface area contributed by atoms with Gasteiger partial charge in [0.15, 0.2) is 0 Å². The standard InChI is InChI=1S/C15H17BrN4O2/c1-9-8-13(14(21)18-19-15(22)17-3)10(2)20(9)12-6-4-11(16)5-7-12/h4-8H,1-3H3,(H,18,21)(H2,17,19,22). The molecule has 3 N–H and O–H groups in total. The summed E-state index contributed by atoms with van der Waals surface area (Å²) in [5, 5.41) is 2.36. The molecule has 0 spiro atoms. The van der Waals surface area contributed by atoms with Gasteiger partial charge in [-0.25, -0.2) is 10.2 Å². The highest BCUT2D eigenvalue weighted by Gasteiger charge is 2.16. The van der Waals surface area contributed by atoms with Gasteiger partial charge in [-0.1, -0.05) is 15.9 Å². The van der Waals surface area contributed by atoms with Crippen LogP contribution in [-0.4, -0.2) is 23.6 Å². The third-order valence-corrected chi connectivity index (χ3v) is 3.81. The van der Waals surface area contributed by atoms with Gasteiger partial charge in [-0.15, -0.1) is 0 Å². The number of nitrogens with one attached hydrogen (secondary N) is 3. The Kier molecular flexibility index (Phi) is 4.87. The highest BCUT2D eigenvalue weighted by atomic mass is 79.9. The minimum atomic E-state index is -0.477. The molecular weight excluding hydrogens is 348 g/mol. The van der Waals surface area contributed by atoms with Crippen LogP contribution in [0.4, 0.5) is 4.79 Å². The molecule has 1 heterocycles. The van der Waals surface area contributed by atoms with Gasteiger partial charge in [0.05, 0.1) is 5.56 Å². The van der Waals surface area contributed by atoms with E-state index in [4.69, 9.17) is 0 Å². The van der Waals surface area contributed by atoms with E-state index in [-0.39, 0.29) is 5.91 Å². The lowest BCUT2D eigenvalue weighted by molar-refractivity contribution is 0.0936. The number of aromatic nitrogens is 1. The van der Waals surface area contributed by atoms with E-state index in [9.17, 15) is 9.59 Å². The molecule has 3 amide bonds. The van der Waals surface area contributed by atoms with Crippen LogP contribution in [0.1, 0.15) is 21.7 Å². The van der Waals surface area contributed by atoms with Crippen LogP contribution in [0.15, 0.2) is 34.8 Å². The summed E-state index contributed by atoms with van der Waals surface area (Å²) < 4.78 is 2.98. The minimum absolute atomic E-state index is 0.361. The van der Waals surface area contributed by atoms with Gasteiger partial charge in [0, 0.05) is 28.6 Å². The fraction of sp³-hybridized carbons (Fsp3) is 0.200. The van der Waals surface area contributed by atoms with Crippen LogP contribution in [0.3, 0.4) is 0 Å². The maximum Gasteiger partial charge on any atom is 0.333 e. The number of urea groups is 1. The number of carbonyl (C=O) groups is 2. The predicted octanol–water partition coefficient (Wildman–Crippen LogP) is 2.43. The second-order valence-corrected chi connectivity index (χ2v) is 5.67. The number of amides is 3. The van der Waals surface area contributed by atoms with E-state index >= 15 is 0 Å². The summed E-state index contributed by atoms with van der Waals surface area (Å²) in [5.41, 5.74) is 7.86. The smallest absolute Gasteiger partial charge is 0.333 e. The topological polar surface area (TPSA) is 75.2 Å². The Morgan fingerprint density at radius 3 is 2.32 bits per heavy atom. The van der Waals surface area contributed by atoms with Crippen molar-refractivity contribution < 1.29 is 9.59 Å². The number of nitrogens with zero attached hydrogens (tertiary/aromatic N) is 1. The molecule has 0 unspecified atom stereocenters. The Morgan fingerprint density at radius 1 is 1.09 bits per heavy atom.